The second kappa shape index (κ2) is 3.44. The van der Waals surface area contributed by atoms with Gasteiger partial charge >= 0.3 is 0 Å². The molecule has 2 nitrogen and oxygen atoms in total. The van der Waals surface area contributed by atoms with Crippen molar-refractivity contribution in [2.75, 3.05) is 5.88 Å². The molecule has 1 aliphatic rings. The summed E-state index contributed by atoms with van der Waals surface area (Å²) in [5, 5.41) is 1.78. The van der Waals surface area contributed by atoms with Crippen molar-refractivity contribution in [2.24, 2.45) is 5.84 Å². The number of allylic oxidation sites excluding steroid dienone is 1. The van der Waals surface area contributed by atoms with Gasteiger partial charge in [-0.05, 0) is 12.5 Å². The molecule has 0 radical (unpaired) electrons. The van der Waals surface area contributed by atoms with Crippen molar-refractivity contribution in [2.45, 2.75) is 6.92 Å². The van der Waals surface area contributed by atoms with E-state index in [1.54, 1.807) is 16.8 Å². The smallest absolute Gasteiger partial charge is 0.0840 e. The van der Waals surface area contributed by atoms with Crippen LogP contribution in [0.25, 0.3) is 4.91 Å². The van der Waals surface area contributed by atoms with Crippen LogP contribution in [0.1, 0.15) is 12.5 Å². The molecule has 2 rings (SSSR count). The number of thioether (sulfide) groups is 1. The van der Waals surface area contributed by atoms with E-state index in [9.17, 15) is 0 Å². The summed E-state index contributed by atoms with van der Waals surface area (Å²) < 4.78 is 0. The van der Waals surface area contributed by atoms with Crippen LogP contribution in [0.3, 0.4) is 0 Å². The molecular formula is C10H12N2S. The first-order chi connectivity index (χ1) is 6.29. The molecule has 2 N–H and O–H groups in total. The van der Waals surface area contributed by atoms with Gasteiger partial charge in [0.2, 0.25) is 0 Å². The molecule has 1 aromatic rings. The van der Waals surface area contributed by atoms with Crippen LogP contribution in [0, 0.1) is 0 Å². The summed E-state index contributed by atoms with van der Waals surface area (Å²) in [6.07, 6.45) is 0. The lowest BCUT2D eigenvalue weighted by Crippen LogP contribution is -2.25. The van der Waals surface area contributed by atoms with Crippen molar-refractivity contribution in [1.29, 1.82) is 0 Å². The lowest BCUT2D eigenvalue weighted by molar-refractivity contribution is 0.435. The number of nitrogens with zero attached hydrogens (tertiary/aromatic N) is 1. The topological polar surface area (TPSA) is 29.3 Å². The first-order valence-corrected chi connectivity index (χ1v) is 5.19. The minimum absolute atomic E-state index is 0.857. The first-order valence-electron chi connectivity index (χ1n) is 4.20. The molecule has 0 bridgehead atoms. The number of hydrogen-bond donors (Lipinski definition) is 1. The molecule has 0 saturated carbocycles. The van der Waals surface area contributed by atoms with E-state index < -0.39 is 0 Å². The molecule has 1 aromatic carbocycles. The van der Waals surface area contributed by atoms with Gasteiger partial charge in [0.1, 0.15) is 0 Å². The van der Waals surface area contributed by atoms with Crippen molar-refractivity contribution < 1.29 is 0 Å². The predicted molar refractivity (Wildman–Crippen MR) is 57.5 cm³/mol. The predicted octanol–water partition coefficient (Wildman–Crippen LogP) is 2.26. The van der Waals surface area contributed by atoms with Gasteiger partial charge in [0.05, 0.1) is 5.88 Å². The Balaban J connectivity index is 2.38. The molecule has 0 aromatic heterocycles. The van der Waals surface area contributed by atoms with Crippen molar-refractivity contribution >= 4 is 16.7 Å². The van der Waals surface area contributed by atoms with E-state index in [0.29, 0.717) is 0 Å². The highest BCUT2D eigenvalue weighted by Gasteiger charge is 2.17. The number of hydrogen-bond acceptors (Lipinski definition) is 3. The molecule has 0 saturated heterocycles. The Kier molecular flexibility index (Phi) is 2.29. The molecule has 0 fully saturated rings. The first kappa shape index (κ1) is 8.66. The van der Waals surface area contributed by atoms with Gasteiger partial charge in [0.25, 0.3) is 0 Å². The monoisotopic (exact) mass is 192 g/mol. The van der Waals surface area contributed by atoms with Crippen LogP contribution >= 0.6 is 11.8 Å². The lowest BCUT2D eigenvalue weighted by atomic mass is 10.2. The molecule has 0 spiro atoms. The highest BCUT2D eigenvalue weighted by molar-refractivity contribution is 8.08. The highest BCUT2D eigenvalue weighted by atomic mass is 32.2. The fraction of sp³-hybridized carbons (Fsp3) is 0.200. The fourth-order valence-electron chi connectivity index (χ4n) is 1.35. The molecule has 1 heterocycles. The summed E-state index contributed by atoms with van der Waals surface area (Å²) in [4.78, 5) is 1.29. The fourth-order valence-corrected chi connectivity index (χ4v) is 2.44. The summed E-state index contributed by atoms with van der Waals surface area (Å²) >= 11 is 1.79. The van der Waals surface area contributed by atoms with Crippen LogP contribution in [0.5, 0.6) is 0 Å². The normalized spacial score (nSPS) is 16.9. The Bertz CT molecular complexity index is 332. The average molecular weight is 192 g/mol. The van der Waals surface area contributed by atoms with E-state index in [1.807, 2.05) is 6.07 Å². The zero-order valence-corrected chi connectivity index (χ0v) is 8.34. The maximum atomic E-state index is 5.76. The van der Waals surface area contributed by atoms with Crippen LogP contribution in [0.4, 0.5) is 0 Å². The van der Waals surface area contributed by atoms with Crippen LogP contribution in [-0.2, 0) is 0 Å². The van der Waals surface area contributed by atoms with Crippen molar-refractivity contribution in [3.63, 3.8) is 0 Å². The Morgan fingerprint density at radius 3 is 2.54 bits per heavy atom. The van der Waals surface area contributed by atoms with Crippen molar-refractivity contribution in [3.8, 4) is 0 Å². The molecule has 0 atom stereocenters. The SMILES string of the molecule is CC1=C(c2ccccc2)SCN1N. The summed E-state index contributed by atoms with van der Waals surface area (Å²) in [5.74, 6) is 6.62. The maximum absolute atomic E-state index is 5.76. The van der Waals surface area contributed by atoms with Gasteiger partial charge < -0.3 is 5.01 Å². The largest absolute Gasteiger partial charge is 0.304 e. The average Bonchev–Trinajstić information content (AvgIpc) is 2.49. The van der Waals surface area contributed by atoms with Crippen LogP contribution in [-0.4, -0.2) is 10.9 Å². The molecule has 0 unspecified atom stereocenters. The Labute approximate surface area is 82.4 Å². The standard InChI is InChI=1S/C10H12N2S/c1-8-10(13-7-12(8)11)9-5-3-2-4-6-9/h2-6H,7,11H2,1H3. The van der Waals surface area contributed by atoms with E-state index in [0.717, 1.165) is 11.6 Å². The van der Waals surface area contributed by atoms with E-state index in [-0.39, 0.29) is 0 Å². The van der Waals surface area contributed by atoms with Crippen molar-refractivity contribution in [3.05, 3.63) is 41.6 Å². The Morgan fingerprint density at radius 2 is 2.00 bits per heavy atom. The Morgan fingerprint density at radius 1 is 1.31 bits per heavy atom. The summed E-state index contributed by atoms with van der Waals surface area (Å²) in [5.41, 5.74) is 2.43. The van der Waals surface area contributed by atoms with Gasteiger partial charge in [-0.3, -0.25) is 0 Å². The van der Waals surface area contributed by atoms with E-state index in [4.69, 9.17) is 5.84 Å². The minimum Gasteiger partial charge on any atom is -0.304 e. The van der Waals surface area contributed by atoms with Crippen LogP contribution in [0.15, 0.2) is 36.0 Å². The van der Waals surface area contributed by atoms with E-state index in [2.05, 4.69) is 31.2 Å². The van der Waals surface area contributed by atoms with Crippen LogP contribution in [0.2, 0.25) is 0 Å². The number of benzene rings is 1. The van der Waals surface area contributed by atoms with Gasteiger partial charge in [0, 0.05) is 10.6 Å². The molecule has 13 heavy (non-hydrogen) atoms. The van der Waals surface area contributed by atoms with Gasteiger partial charge in [0.15, 0.2) is 0 Å². The molecule has 3 heteroatoms. The molecule has 1 aliphatic heterocycles. The zero-order chi connectivity index (χ0) is 9.26. The second-order valence-corrected chi connectivity index (χ2v) is 3.98. The van der Waals surface area contributed by atoms with E-state index in [1.165, 1.54) is 10.5 Å². The number of hydrazine groups is 1. The van der Waals surface area contributed by atoms with Gasteiger partial charge in [-0.2, -0.15) is 0 Å². The molecule has 0 aliphatic carbocycles. The summed E-state index contributed by atoms with van der Waals surface area (Å²) in [6.45, 7) is 2.06. The summed E-state index contributed by atoms with van der Waals surface area (Å²) in [7, 11) is 0. The second-order valence-electron chi connectivity index (χ2n) is 3.02. The van der Waals surface area contributed by atoms with Crippen molar-refractivity contribution in [1.82, 2.24) is 5.01 Å². The third-order valence-electron chi connectivity index (χ3n) is 2.14. The van der Waals surface area contributed by atoms with E-state index >= 15 is 0 Å². The highest BCUT2D eigenvalue weighted by Crippen LogP contribution is 2.36. The lowest BCUT2D eigenvalue weighted by Gasteiger charge is -2.09. The summed E-state index contributed by atoms with van der Waals surface area (Å²) in [6, 6.07) is 10.4. The third kappa shape index (κ3) is 1.57. The van der Waals surface area contributed by atoms with Gasteiger partial charge in [-0.25, -0.2) is 5.84 Å². The minimum atomic E-state index is 0.857. The zero-order valence-electron chi connectivity index (χ0n) is 7.53. The van der Waals surface area contributed by atoms with Gasteiger partial charge in [-0.1, -0.05) is 30.3 Å². The quantitative estimate of drug-likeness (QED) is 0.692. The maximum Gasteiger partial charge on any atom is 0.0840 e. The van der Waals surface area contributed by atoms with Crippen LogP contribution < -0.4 is 5.84 Å². The third-order valence-corrected chi connectivity index (χ3v) is 3.37. The van der Waals surface area contributed by atoms with Gasteiger partial charge in [-0.15, -0.1) is 11.8 Å². The Hall–Kier alpha value is -0.930. The number of nitrogens with two attached hydrogens (primary N) is 1. The number of rotatable bonds is 1. The molecule has 0 amide bonds. The molecular weight excluding hydrogens is 180 g/mol. The molecule has 68 valence electrons.